The van der Waals surface area contributed by atoms with Gasteiger partial charge in [-0.15, -0.1) is 0 Å². The summed E-state index contributed by atoms with van der Waals surface area (Å²) in [5, 5.41) is 0. The monoisotopic (exact) mass is 674 g/mol. The molecule has 2 unspecified atom stereocenters. The summed E-state index contributed by atoms with van der Waals surface area (Å²) in [6.45, 7) is 9.61. The molecule has 0 aliphatic heterocycles. The van der Waals surface area contributed by atoms with Crippen LogP contribution in [-0.2, 0) is 0 Å². The number of benzene rings is 2. The van der Waals surface area contributed by atoms with Crippen LogP contribution in [0.3, 0.4) is 0 Å². The zero-order chi connectivity index (χ0) is 35.1. The molecule has 0 saturated heterocycles. The number of hydrogen-bond donors (Lipinski definition) is 0. The molecule has 2 aliphatic carbocycles. The van der Waals surface area contributed by atoms with Crippen LogP contribution in [0.1, 0.15) is 129 Å². The molecular formula is C37H46F8O2. The van der Waals surface area contributed by atoms with Crippen molar-refractivity contribution >= 4 is 0 Å². The highest BCUT2D eigenvalue weighted by Gasteiger charge is 2.34. The predicted octanol–water partition coefficient (Wildman–Crippen LogP) is 12.3. The molecular weight excluding hydrogens is 628 g/mol. The van der Waals surface area contributed by atoms with Gasteiger partial charge in [-0.25, -0.2) is 17.6 Å². The summed E-state index contributed by atoms with van der Waals surface area (Å²) < 4.78 is 124. The van der Waals surface area contributed by atoms with E-state index in [0.717, 1.165) is 44.9 Å². The Morgan fingerprint density at radius 1 is 0.532 bits per heavy atom. The smallest absolute Gasteiger partial charge is 0.204 e. The molecule has 0 fully saturated rings. The minimum atomic E-state index is -1.45. The van der Waals surface area contributed by atoms with Crippen molar-refractivity contribution in [3.05, 3.63) is 82.0 Å². The maximum absolute atomic E-state index is 14.2. The Balaban J connectivity index is 0.000000256. The Hall–Kier alpha value is -3.04. The van der Waals surface area contributed by atoms with Crippen molar-refractivity contribution in [2.75, 3.05) is 6.61 Å². The first-order chi connectivity index (χ1) is 22.0. The van der Waals surface area contributed by atoms with Crippen LogP contribution in [0.15, 0.2) is 24.3 Å². The van der Waals surface area contributed by atoms with E-state index in [0.29, 0.717) is 19.3 Å². The number of rotatable bonds is 7. The van der Waals surface area contributed by atoms with Gasteiger partial charge < -0.3 is 9.47 Å². The number of halogens is 8. The van der Waals surface area contributed by atoms with Crippen molar-refractivity contribution in [1.29, 1.82) is 0 Å². The van der Waals surface area contributed by atoms with Crippen LogP contribution in [-0.4, -0.2) is 12.2 Å². The lowest BCUT2D eigenvalue weighted by Crippen LogP contribution is -2.33. The quantitative estimate of drug-likeness (QED) is 0.165. The zero-order valence-corrected chi connectivity index (χ0v) is 28.1. The molecule has 4 rings (SSSR count). The minimum absolute atomic E-state index is 0.0224. The molecule has 2 atom stereocenters. The summed E-state index contributed by atoms with van der Waals surface area (Å²) in [6.07, 6.45) is 16.0. The largest absolute Gasteiger partial charge is 0.487 e. The van der Waals surface area contributed by atoms with Gasteiger partial charge >= 0.3 is 0 Å². The number of allylic oxidation sites excluding steroid dienone is 4. The highest BCUT2D eigenvalue weighted by Crippen LogP contribution is 2.39. The van der Waals surface area contributed by atoms with E-state index in [-0.39, 0.29) is 12.0 Å². The molecule has 10 heteroatoms. The second-order valence-electron chi connectivity index (χ2n) is 13.8. The third-order valence-corrected chi connectivity index (χ3v) is 8.90. The first-order valence-electron chi connectivity index (χ1n) is 16.4. The van der Waals surface area contributed by atoms with Gasteiger partial charge in [-0.05, 0) is 83.0 Å². The number of hydrogen-bond acceptors (Lipinski definition) is 2. The van der Waals surface area contributed by atoms with Crippen molar-refractivity contribution in [3.63, 3.8) is 0 Å². The van der Waals surface area contributed by atoms with Gasteiger partial charge in [0.05, 0.1) is 6.61 Å². The van der Waals surface area contributed by atoms with Crippen LogP contribution in [0.25, 0.3) is 0 Å². The van der Waals surface area contributed by atoms with Gasteiger partial charge in [0.25, 0.3) is 0 Å². The van der Waals surface area contributed by atoms with E-state index < -0.39 is 86.6 Å². The van der Waals surface area contributed by atoms with E-state index in [9.17, 15) is 35.1 Å². The molecule has 2 aliphatic rings. The SMILES string of the molecule is CC(C)c1c(F)c(F)c(OC2(C)CC/C=C\CCC2)c(F)c1F.CC(C)c1c(F)c(F)c(OCC2(C)CC/C=C\CCC2)c(F)c1F. The summed E-state index contributed by atoms with van der Waals surface area (Å²) in [5.41, 5.74) is -2.31. The van der Waals surface area contributed by atoms with E-state index in [1.165, 1.54) is 27.7 Å². The number of ether oxygens (including phenoxy) is 2. The topological polar surface area (TPSA) is 18.5 Å². The summed E-state index contributed by atoms with van der Waals surface area (Å²) in [5.74, 6) is -14.5. The summed E-state index contributed by atoms with van der Waals surface area (Å²) in [4.78, 5) is 0. The predicted molar refractivity (Wildman–Crippen MR) is 168 cm³/mol. The first-order valence-corrected chi connectivity index (χ1v) is 16.4. The van der Waals surface area contributed by atoms with E-state index in [2.05, 4.69) is 18.2 Å². The highest BCUT2D eigenvalue weighted by molar-refractivity contribution is 5.37. The molecule has 47 heavy (non-hydrogen) atoms. The van der Waals surface area contributed by atoms with Crippen LogP contribution in [0.4, 0.5) is 35.1 Å². The third-order valence-electron chi connectivity index (χ3n) is 8.90. The van der Waals surface area contributed by atoms with Gasteiger partial charge in [-0.2, -0.15) is 17.6 Å². The summed E-state index contributed by atoms with van der Waals surface area (Å²) in [6, 6.07) is 0. The molecule has 0 aromatic heterocycles. The van der Waals surface area contributed by atoms with Gasteiger partial charge in [-0.1, -0.05) is 58.9 Å². The Labute approximate surface area is 273 Å². The van der Waals surface area contributed by atoms with Gasteiger partial charge in [0.1, 0.15) is 5.60 Å². The fourth-order valence-electron chi connectivity index (χ4n) is 6.01. The molecule has 2 nitrogen and oxygen atoms in total. The van der Waals surface area contributed by atoms with Crippen molar-refractivity contribution in [2.24, 2.45) is 5.41 Å². The maximum Gasteiger partial charge on any atom is 0.204 e. The Bertz CT molecular complexity index is 1390. The molecule has 0 amide bonds. The van der Waals surface area contributed by atoms with Crippen LogP contribution in [0.2, 0.25) is 0 Å². The van der Waals surface area contributed by atoms with Crippen LogP contribution in [0.5, 0.6) is 11.5 Å². The molecule has 2 aromatic rings. The molecule has 0 saturated carbocycles. The molecule has 262 valence electrons. The van der Waals surface area contributed by atoms with Gasteiger partial charge in [-0.3, -0.25) is 0 Å². The molecule has 0 heterocycles. The lowest BCUT2D eigenvalue weighted by Gasteiger charge is -2.32. The average Bonchev–Trinajstić information content (AvgIpc) is 2.98. The Kier molecular flexibility index (Phi) is 13.4. The van der Waals surface area contributed by atoms with E-state index in [1.807, 2.05) is 13.0 Å². The van der Waals surface area contributed by atoms with Crippen molar-refractivity contribution in [1.82, 2.24) is 0 Å². The lowest BCUT2D eigenvalue weighted by atomic mass is 9.80. The zero-order valence-electron chi connectivity index (χ0n) is 28.1. The second-order valence-corrected chi connectivity index (χ2v) is 13.8. The van der Waals surface area contributed by atoms with Crippen LogP contribution >= 0.6 is 0 Å². The normalized spacial score (nSPS) is 23.2. The van der Waals surface area contributed by atoms with Crippen molar-refractivity contribution in [2.45, 2.75) is 123 Å². The second kappa shape index (κ2) is 16.4. The van der Waals surface area contributed by atoms with Crippen molar-refractivity contribution < 1.29 is 44.6 Å². The third kappa shape index (κ3) is 9.32. The fraction of sp³-hybridized carbons (Fsp3) is 0.568. The van der Waals surface area contributed by atoms with Crippen LogP contribution in [0, 0.1) is 52.0 Å². The van der Waals surface area contributed by atoms with E-state index in [4.69, 9.17) is 9.47 Å². The minimum Gasteiger partial charge on any atom is -0.487 e. The standard InChI is InChI=1S/C19H24F4O.C18H22F4O/c1-12(2)13-14(20)16(22)18(17(23)15(13)21)24-11-19(3)9-7-5-4-6-8-10-19;1-11(2)12-13(19)15(21)17(16(22)14(12)20)23-18(3)9-7-5-4-6-8-10-18/h4-5,12H,6-11H2,1-3H3;4-5,11H,6-10H2,1-3H3/b2*5-4-. The van der Waals surface area contributed by atoms with Gasteiger partial charge in [0, 0.05) is 16.5 Å². The highest BCUT2D eigenvalue weighted by atomic mass is 19.2. The summed E-state index contributed by atoms with van der Waals surface area (Å²) in [7, 11) is 0. The van der Waals surface area contributed by atoms with Gasteiger partial charge in [0.15, 0.2) is 34.8 Å². The molecule has 0 radical (unpaired) electrons. The van der Waals surface area contributed by atoms with E-state index in [1.54, 1.807) is 6.92 Å². The Morgan fingerprint density at radius 3 is 1.40 bits per heavy atom. The fourth-order valence-corrected chi connectivity index (χ4v) is 6.01. The molecule has 0 spiro atoms. The average molecular weight is 675 g/mol. The maximum atomic E-state index is 14.2. The van der Waals surface area contributed by atoms with Gasteiger partial charge in [0.2, 0.25) is 23.3 Å². The molecule has 2 aromatic carbocycles. The first kappa shape index (κ1) is 38.4. The lowest BCUT2D eigenvalue weighted by molar-refractivity contribution is 0.0562. The van der Waals surface area contributed by atoms with E-state index >= 15 is 0 Å². The Morgan fingerprint density at radius 2 is 0.936 bits per heavy atom. The molecule has 0 N–H and O–H groups in total. The molecule has 0 bridgehead atoms. The van der Waals surface area contributed by atoms with Crippen molar-refractivity contribution in [3.8, 4) is 11.5 Å². The summed E-state index contributed by atoms with van der Waals surface area (Å²) >= 11 is 0. The van der Waals surface area contributed by atoms with Crippen LogP contribution < -0.4 is 9.47 Å².